The molecule has 0 spiro atoms. The van der Waals surface area contributed by atoms with Gasteiger partial charge in [0.15, 0.2) is 5.16 Å². The quantitative estimate of drug-likeness (QED) is 0.569. The summed E-state index contributed by atoms with van der Waals surface area (Å²) in [4.78, 5) is 14.4. The van der Waals surface area contributed by atoms with Crippen LogP contribution in [0.15, 0.2) is 59.8 Å². The van der Waals surface area contributed by atoms with E-state index < -0.39 is 0 Å². The van der Waals surface area contributed by atoms with Crippen LogP contribution in [0, 0.1) is 0 Å². The second-order valence-corrected chi connectivity index (χ2v) is 7.56. The van der Waals surface area contributed by atoms with Gasteiger partial charge in [-0.25, -0.2) is 0 Å². The summed E-state index contributed by atoms with van der Waals surface area (Å²) >= 11 is 1.54. The van der Waals surface area contributed by atoms with Gasteiger partial charge in [-0.2, -0.15) is 0 Å². The lowest BCUT2D eigenvalue weighted by Gasteiger charge is -2.13. The molecule has 0 aliphatic heterocycles. The summed E-state index contributed by atoms with van der Waals surface area (Å²) in [6.45, 7) is 0.0714. The normalized spacial score (nSPS) is 10.6. The van der Waals surface area contributed by atoms with Gasteiger partial charge in [-0.1, -0.05) is 42.1 Å². The molecule has 3 aromatic rings. The molecule has 1 amide bonds. The number of carbonyl (C=O) groups excluding carboxylic acids is 1. The van der Waals surface area contributed by atoms with E-state index in [1.165, 1.54) is 17.3 Å². The molecule has 28 heavy (non-hydrogen) atoms. The van der Waals surface area contributed by atoms with Gasteiger partial charge in [-0.05, 0) is 36.2 Å². The van der Waals surface area contributed by atoms with E-state index in [1.54, 1.807) is 4.57 Å². The zero-order valence-electron chi connectivity index (χ0n) is 16.0. The first kappa shape index (κ1) is 19.8. The third-order valence-electron chi connectivity index (χ3n) is 4.18. The van der Waals surface area contributed by atoms with Gasteiger partial charge in [-0.3, -0.25) is 9.36 Å². The second kappa shape index (κ2) is 9.27. The molecule has 0 bridgehead atoms. The van der Waals surface area contributed by atoms with Gasteiger partial charge in [0.2, 0.25) is 11.9 Å². The summed E-state index contributed by atoms with van der Waals surface area (Å²) in [5.74, 6) is 0.893. The topological polar surface area (TPSA) is 89.1 Å². The molecule has 0 aliphatic carbocycles. The molecular formula is C20H24N6OS. The van der Waals surface area contributed by atoms with Gasteiger partial charge < -0.3 is 16.0 Å². The Kier molecular flexibility index (Phi) is 6.54. The molecule has 3 N–H and O–H groups in total. The molecule has 3 rings (SSSR count). The summed E-state index contributed by atoms with van der Waals surface area (Å²) in [6.07, 6.45) is 0.905. The maximum Gasteiger partial charge on any atom is 0.244 e. The van der Waals surface area contributed by atoms with Crippen molar-refractivity contribution in [3.8, 4) is 0 Å². The van der Waals surface area contributed by atoms with E-state index in [0.717, 1.165) is 23.5 Å². The van der Waals surface area contributed by atoms with Crippen molar-refractivity contribution < 1.29 is 4.79 Å². The van der Waals surface area contributed by atoms with Crippen LogP contribution in [0.1, 0.15) is 5.56 Å². The van der Waals surface area contributed by atoms with Crippen molar-refractivity contribution in [2.45, 2.75) is 18.1 Å². The third kappa shape index (κ3) is 5.26. The molecule has 0 atom stereocenters. The molecular weight excluding hydrogens is 372 g/mol. The number of nitrogens with two attached hydrogens (primary N) is 1. The van der Waals surface area contributed by atoms with Crippen LogP contribution in [-0.2, 0) is 17.8 Å². The standard InChI is InChI=1S/C20H24N6OS/c1-25(2)17-10-8-16(9-11-17)22-18(27)14-26-19(21)23-24-20(26)28-13-12-15-6-4-3-5-7-15/h3-11H,12-14H2,1-2H3,(H2,21,23)(H,22,27). The first-order valence-electron chi connectivity index (χ1n) is 8.95. The average molecular weight is 397 g/mol. The first-order valence-corrected chi connectivity index (χ1v) is 9.94. The number of aromatic nitrogens is 3. The third-order valence-corrected chi connectivity index (χ3v) is 5.15. The van der Waals surface area contributed by atoms with Gasteiger partial charge in [0.05, 0.1) is 0 Å². The van der Waals surface area contributed by atoms with Crippen LogP contribution in [0.4, 0.5) is 17.3 Å². The fourth-order valence-corrected chi connectivity index (χ4v) is 3.58. The van der Waals surface area contributed by atoms with Crippen molar-refractivity contribution in [2.75, 3.05) is 35.8 Å². The van der Waals surface area contributed by atoms with Crippen molar-refractivity contribution in [3.05, 3.63) is 60.2 Å². The SMILES string of the molecule is CN(C)c1ccc(NC(=O)Cn2c(N)nnc2SCCc2ccccc2)cc1. The van der Waals surface area contributed by atoms with Crippen LogP contribution >= 0.6 is 11.8 Å². The molecule has 7 nitrogen and oxygen atoms in total. The van der Waals surface area contributed by atoms with Gasteiger partial charge >= 0.3 is 0 Å². The van der Waals surface area contributed by atoms with E-state index in [4.69, 9.17) is 5.73 Å². The molecule has 0 unspecified atom stereocenters. The number of thioether (sulfide) groups is 1. The first-order chi connectivity index (χ1) is 13.5. The van der Waals surface area contributed by atoms with Crippen LogP contribution < -0.4 is 16.0 Å². The predicted molar refractivity (Wildman–Crippen MR) is 115 cm³/mol. The Hall–Kier alpha value is -3.00. The number of nitrogens with one attached hydrogen (secondary N) is 1. The highest BCUT2D eigenvalue weighted by molar-refractivity contribution is 7.99. The minimum absolute atomic E-state index is 0.0714. The van der Waals surface area contributed by atoms with Gasteiger partial charge in [0.1, 0.15) is 6.54 Å². The van der Waals surface area contributed by atoms with Crippen LogP contribution in [-0.4, -0.2) is 40.5 Å². The minimum atomic E-state index is -0.172. The van der Waals surface area contributed by atoms with E-state index in [-0.39, 0.29) is 18.4 Å². The number of rotatable bonds is 8. The molecule has 0 saturated heterocycles. The molecule has 2 aromatic carbocycles. The minimum Gasteiger partial charge on any atom is -0.378 e. The average Bonchev–Trinajstić information content (AvgIpc) is 3.03. The molecule has 1 aromatic heterocycles. The van der Waals surface area contributed by atoms with E-state index in [0.29, 0.717) is 5.16 Å². The van der Waals surface area contributed by atoms with Crippen LogP contribution in [0.5, 0.6) is 0 Å². The summed E-state index contributed by atoms with van der Waals surface area (Å²) in [7, 11) is 3.94. The highest BCUT2D eigenvalue weighted by Gasteiger charge is 2.14. The Morgan fingerprint density at radius 2 is 1.82 bits per heavy atom. The number of carbonyl (C=O) groups is 1. The molecule has 8 heteroatoms. The number of amides is 1. The number of nitrogens with zero attached hydrogens (tertiary/aromatic N) is 4. The van der Waals surface area contributed by atoms with Crippen molar-refractivity contribution in [2.24, 2.45) is 0 Å². The maximum atomic E-state index is 12.4. The predicted octanol–water partition coefficient (Wildman–Crippen LogP) is 2.90. The number of nitrogen functional groups attached to an aromatic ring is 1. The zero-order chi connectivity index (χ0) is 19.9. The summed E-state index contributed by atoms with van der Waals surface area (Å²) in [6, 6.07) is 17.9. The van der Waals surface area contributed by atoms with Crippen molar-refractivity contribution >= 4 is 35.0 Å². The lowest BCUT2D eigenvalue weighted by Crippen LogP contribution is -2.20. The summed E-state index contributed by atoms with van der Waals surface area (Å²) in [5.41, 5.74) is 8.97. The van der Waals surface area contributed by atoms with Crippen LogP contribution in [0.2, 0.25) is 0 Å². The number of benzene rings is 2. The van der Waals surface area contributed by atoms with Gasteiger partial charge in [0.25, 0.3) is 0 Å². The van der Waals surface area contributed by atoms with E-state index in [9.17, 15) is 4.79 Å². The van der Waals surface area contributed by atoms with E-state index >= 15 is 0 Å². The van der Waals surface area contributed by atoms with Crippen molar-refractivity contribution in [3.63, 3.8) is 0 Å². The highest BCUT2D eigenvalue weighted by atomic mass is 32.2. The van der Waals surface area contributed by atoms with E-state index in [2.05, 4.69) is 27.6 Å². The molecule has 0 fully saturated rings. The molecule has 0 aliphatic rings. The fourth-order valence-electron chi connectivity index (χ4n) is 2.65. The van der Waals surface area contributed by atoms with Crippen molar-refractivity contribution in [1.82, 2.24) is 14.8 Å². The largest absolute Gasteiger partial charge is 0.378 e. The Labute approximate surface area is 168 Å². The Morgan fingerprint density at radius 1 is 1.11 bits per heavy atom. The lowest BCUT2D eigenvalue weighted by atomic mass is 10.2. The van der Waals surface area contributed by atoms with E-state index in [1.807, 2.05) is 61.5 Å². The summed E-state index contributed by atoms with van der Waals surface area (Å²) in [5, 5.41) is 11.6. The summed E-state index contributed by atoms with van der Waals surface area (Å²) < 4.78 is 1.64. The smallest absolute Gasteiger partial charge is 0.244 e. The molecule has 0 radical (unpaired) electrons. The monoisotopic (exact) mass is 396 g/mol. The zero-order valence-corrected chi connectivity index (χ0v) is 16.8. The number of hydrogen-bond acceptors (Lipinski definition) is 6. The Balaban J connectivity index is 1.57. The second-order valence-electron chi connectivity index (χ2n) is 6.50. The Bertz CT molecular complexity index is 908. The van der Waals surface area contributed by atoms with Crippen LogP contribution in [0.3, 0.4) is 0 Å². The van der Waals surface area contributed by atoms with Gasteiger partial charge in [-0.15, -0.1) is 10.2 Å². The molecule has 1 heterocycles. The number of aryl methyl sites for hydroxylation is 1. The molecule has 146 valence electrons. The number of anilines is 3. The molecule has 0 saturated carbocycles. The highest BCUT2D eigenvalue weighted by Crippen LogP contribution is 2.20. The maximum absolute atomic E-state index is 12.4. The fraction of sp³-hybridized carbons (Fsp3) is 0.250. The Morgan fingerprint density at radius 3 is 2.50 bits per heavy atom. The van der Waals surface area contributed by atoms with Crippen LogP contribution in [0.25, 0.3) is 0 Å². The van der Waals surface area contributed by atoms with Gasteiger partial charge in [0, 0.05) is 31.2 Å². The lowest BCUT2D eigenvalue weighted by molar-refractivity contribution is -0.116. The van der Waals surface area contributed by atoms with Crippen molar-refractivity contribution in [1.29, 1.82) is 0 Å². The number of hydrogen-bond donors (Lipinski definition) is 2.